The van der Waals surface area contributed by atoms with Crippen molar-refractivity contribution in [2.45, 2.75) is 0 Å². The van der Waals surface area contributed by atoms with Crippen LogP contribution in [-0.2, 0) is 0 Å². The molecule has 3 nitrogen and oxygen atoms in total. The second kappa shape index (κ2) is 2.73. The number of pyridine rings is 1. The molecule has 3 rings (SSSR count). The fraction of sp³-hybridized carbons (Fsp3) is 0. The lowest BCUT2D eigenvalue weighted by Crippen LogP contribution is -1.85. The molecule has 68 valence electrons. The van der Waals surface area contributed by atoms with Gasteiger partial charge >= 0.3 is 0 Å². The van der Waals surface area contributed by atoms with Crippen molar-refractivity contribution in [2.24, 2.45) is 0 Å². The highest BCUT2D eigenvalue weighted by atomic mass is 16.3. The van der Waals surface area contributed by atoms with Gasteiger partial charge in [0.2, 0.25) is 0 Å². The summed E-state index contributed by atoms with van der Waals surface area (Å²) in [7, 11) is 0. The second-order valence-corrected chi connectivity index (χ2v) is 3.05. The van der Waals surface area contributed by atoms with Crippen molar-refractivity contribution < 1.29 is 4.42 Å². The van der Waals surface area contributed by atoms with E-state index in [0.717, 1.165) is 17.1 Å². The number of nitrogens with zero attached hydrogens (tertiary/aromatic N) is 2. The Morgan fingerprint density at radius 3 is 3.00 bits per heavy atom. The van der Waals surface area contributed by atoms with Crippen LogP contribution in [0.15, 0.2) is 53.4 Å². The van der Waals surface area contributed by atoms with Gasteiger partial charge in [0.25, 0.3) is 0 Å². The molecule has 3 aromatic rings. The quantitative estimate of drug-likeness (QED) is 0.582. The summed E-state index contributed by atoms with van der Waals surface area (Å²) >= 11 is 0. The fourth-order valence-corrected chi connectivity index (χ4v) is 1.53. The van der Waals surface area contributed by atoms with E-state index in [1.807, 2.05) is 47.1 Å². The molecule has 0 atom stereocenters. The molecule has 0 spiro atoms. The maximum Gasteiger partial charge on any atom is 0.180 e. The van der Waals surface area contributed by atoms with Crippen molar-refractivity contribution >= 4 is 5.52 Å². The lowest BCUT2D eigenvalue weighted by Gasteiger charge is -1.96. The number of hydrogen-bond acceptors (Lipinski definition) is 2. The highest BCUT2D eigenvalue weighted by molar-refractivity contribution is 5.57. The van der Waals surface area contributed by atoms with Crippen LogP contribution >= 0.6 is 0 Å². The van der Waals surface area contributed by atoms with Gasteiger partial charge in [0, 0.05) is 6.20 Å². The molecule has 0 N–H and O–H groups in total. The average molecular weight is 184 g/mol. The van der Waals surface area contributed by atoms with Crippen molar-refractivity contribution in [3.63, 3.8) is 0 Å². The van der Waals surface area contributed by atoms with E-state index in [1.54, 1.807) is 6.26 Å². The van der Waals surface area contributed by atoms with Gasteiger partial charge in [0.15, 0.2) is 11.6 Å². The molecule has 3 aromatic heterocycles. The summed E-state index contributed by atoms with van der Waals surface area (Å²) in [5.41, 5.74) is 1.07. The molecular formula is C11H8N2O. The Balaban J connectivity index is 2.33. The van der Waals surface area contributed by atoms with E-state index in [4.69, 9.17) is 4.42 Å². The van der Waals surface area contributed by atoms with Gasteiger partial charge in [-0.15, -0.1) is 0 Å². The molecule has 3 heterocycles. The number of aromatic nitrogens is 2. The number of fused-ring (bicyclic) bond motifs is 1. The molecule has 0 bridgehead atoms. The monoisotopic (exact) mass is 184 g/mol. The standard InChI is InChI=1S/C11H8N2O/c1-2-6-13-9(4-1)8-12-11(13)10-5-3-7-14-10/h1-8H. The van der Waals surface area contributed by atoms with Gasteiger partial charge in [-0.3, -0.25) is 4.40 Å². The maximum absolute atomic E-state index is 5.30. The molecule has 0 saturated heterocycles. The molecule has 0 aliphatic carbocycles. The highest BCUT2D eigenvalue weighted by Gasteiger charge is 2.06. The van der Waals surface area contributed by atoms with Crippen molar-refractivity contribution in [2.75, 3.05) is 0 Å². The third kappa shape index (κ3) is 0.956. The van der Waals surface area contributed by atoms with Gasteiger partial charge in [-0.1, -0.05) is 6.07 Å². The third-order valence-electron chi connectivity index (χ3n) is 2.18. The van der Waals surface area contributed by atoms with E-state index in [0.29, 0.717) is 0 Å². The first-order valence-electron chi connectivity index (χ1n) is 4.41. The topological polar surface area (TPSA) is 30.4 Å². The number of rotatable bonds is 1. The van der Waals surface area contributed by atoms with Crippen LogP contribution in [0.4, 0.5) is 0 Å². The van der Waals surface area contributed by atoms with Crippen LogP contribution in [0.2, 0.25) is 0 Å². The normalized spacial score (nSPS) is 10.9. The molecule has 0 aromatic carbocycles. The van der Waals surface area contributed by atoms with Crippen molar-refractivity contribution in [1.82, 2.24) is 9.38 Å². The first-order chi connectivity index (χ1) is 6.95. The average Bonchev–Trinajstić information content (AvgIpc) is 2.85. The van der Waals surface area contributed by atoms with Crippen LogP contribution in [0.25, 0.3) is 17.1 Å². The first kappa shape index (κ1) is 7.38. The minimum Gasteiger partial charge on any atom is -0.461 e. The van der Waals surface area contributed by atoms with E-state index in [1.165, 1.54) is 0 Å². The van der Waals surface area contributed by atoms with Gasteiger partial charge in [-0.05, 0) is 24.3 Å². The molecule has 0 aliphatic heterocycles. The van der Waals surface area contributed by atoms with E-state index in [-0.39, 0.29) is 0 Å². The SMILES string of the molecule is c1coc(-c2ncc3ccccn23)c1. The lowest BCUT2D eigenvalue weighted by atomic mass is 10.4. The molecule has 0 amide bonds. The molecule has 14 heavy (non-hydrogen) atoms. The van der Waals surface area contributed by atoms with Crippen LogP contribution in [0.3, 0.4) is 0 Å². The molecular weight excluding hydrogens is 176 g/mol. The van der Waals surface area contributed by atoms with Gasteiger partial charge < -0.3 is 4.42 Å². The molecule has 0 saturated carbocycles. The third-order valence-corrected chi connectivity index (χ3v) is 2.18. The van der Waals surface area contributed by atoms with Crippen LogP contribution in [0.5, 0.6) is 0 Å². The Kier molecular flexibility index (Phi) is 1.44. The van der Waals surface area contributed by atoms with E-state index < -0.39 is 0 Å². The number of hydrogen-bond donors (Lipinski definition) is 0. The Bertz CT molecular complexity index is 551. The largest absolute Gasteiger partial charge is 0.461 e. The van der Waals surface area contributed by atoms with Crippen molar-refractivity contribution in [3.8, 4) is 11.6 Å². The van der Waals surface area contributed by atoms with Crippen LogP contribution in [0, 0.1) is 0 Å². The lowest BCUT2D eigenvalue weighted by molar-refractivity contribution is 0.577. The molecule has 0 aliphatic rings. The van der Waals surface area contributed by atoms with Crippen molar-refractivity contribution in [1.29, 1.82) is 0 Å². The highest BCUT2D eigenvalue weighted by Crippen LogP contribution is 2.19. The smallest absolute Gasteiger partial charge is 0.180 e. The van der Waals surface area contributed by atoms with Crippen molar-refractivity contribution in [3.05, 3.63) is 49.0 Å². The summed E-state index contributed by atoms with van der Waals surface area (Å²) in [6, 6.07) is 9.74. The molecule has 3 heteroatoms. The fourth-order valence-electron chi connectivity index (χ4n) is 1.53. The Morgan fingerprint density at radius 2 is 2.14 bits per heavy atom. The summed E-state index contributed by atoms with van der Waals surface area (Å²) in [5.74, 6) is 1.63. The predicted molar refractivity (Wildman–Crippen MR) is 52.9 cm³/mol. The summed E-state index contributed by atoms with van der Waals surface area (Å²) in [6.45, 7) is 0. The zero-order valence-corrected chi connectivity index (χ0v) is 7.42. The summed E-state index contributed by atoms with van der Waals surface area (Å²) in [5, 5.41) is 0. The van der Waals surface area contributed by atoms with Crippen LogP contribution in [-0.4, -0.2) is 9.38 Å². The molecule has 0 unspecified atom stereocenters. The maximum atomic E-state index is 5.30. The second-order valence-electron chi connectivity index (χ2n) is 3.05. The number of furan rings is 1. The Labute approximate surface area is 80.6 Å². The van der Waals surface area contributed by atoms with Crippen LogP contribution in [0.1, 0.15) is 0 Å². The molecule has 0 radical (unpaired) electrons. The van der Waals surface area contributed by atoms with Gasteiger partial charge in [-0.2, -0.15) is 0 Å². The van der Waals surface area contributed by atoms with E-state index in [2.05, 4.69) is 4.98 Å². The zero-order valence-electron chi connectivity index (χ0n) is 7.42. The minimum absolute atomic E-state index is 0.788. The van der Waals surface area contributed by atoms with E-state index in [9.17, 15) is 0 Å². The van der Waals surface area contributed by atoms with Crippen LogP contribution < -0.4 is 0 Å². The first-order valence-corrected chi connectivity index (χ1v) is 4.41. The Hall–Kier alpha value is -2.03. The summed E-state index contributed by atoms with van der Waals surface area (Å²) in [6.07, 6.45) is 5.46. The minimum atomic E-state index is 0.788. The van der Waals surface area contributed by atoms with Gasteiger partial charge in [0.1, 0.15) is 0 Å². The van der Waals surface area contributed by atoms with Gasteiger partial charge in [-0.25, -0.2) is 4.98 Å². The number of imidazole rings is 1. The summed E-state index contributed by atoms with van der Waals surface area (Å²) in [4.78, 5) is 4.31. The molecule has 0 fully saturated rings. The predicted octanol–water partition coefficient (Wildman–Crippen LogP) is 2.59. The van der Waals surface area contributed by atoms with E-state index >= 15 is 0 Å². The zero-order chi connectivity index (χ0) is 9.38. The summed E-state index contributed by atoms with van der Waals surface area (Å²) < 4.78 is 7.30. The Morgan fingerprint density at radius 1 is 1.14 bits per heavy atom. The van der Waals surface area contributed by atoms with Gasteiger partial charge in [0.05, 0.1) is 18.0 Å².